The van der Waals surface area contributed by atoms with Gasteiger partial charge < -0.3 is 5.32 Å². The molecule has 2 heteroatoms. The number of nitrogens with one attached hydrogen (secondary N) is 1. The van der Waals surface area contributed by atoms with Gasteiger partial charge in [0.15, 0.2) is 0 Å². The summed E-state index contributed by atoms with van der Waals surface area (Å²) in [7, 11) is 2.04. The summed E-state index contributed by atoms with van der Waals surface area (Å²) in [5, 5.41) is 3.35. The molecule has 0 bridgehead atoms. The van der Waals surface area contributed by atoms with Crippen LogP contribution in [0.5, 0.6) is 0 Å². The van der Waals surface area contributed by atoms with E-state index in [0.29, 0.717) is 12.1 Å². The normalized spacial score (nSPS) is 16.5. The molecule has 19 heavy (non-hydrogen) atoms. The standard InChI is InChI=1S/C17H20N2/c1-18-16-12-19(13-16)17(14-8-4-2-5-9-14)15-10-6-3-7-11-15/h2-11,16-18H,12-13H2,1H3. The number of likely N-dealkylation sites (N-methyl/N-ethyl adjacent to an activating group) is 1. The van der Waals surface area contributed by atoms with Crippen molar-refractivity contribution in [2.24, 2.45) is 0 Å². The highest BCUT2D eigenvalue weighted by molar-refractivity contribution is 5.32. The van der Waals surface area contributed by atoms with Crippen LogP contribution in [0.1, 0.15) is 17.2 Å². The van der Waals surface area contributed by atoms with Crippen molar-refractivity contribution in [1.29, 1.82) is 0 Å². The van der Waals surface area contributed by atoms with Gasteiger partial charge in [0.25, 0.3) is 0 Å². The Morgan fingerprint density at radius 1 is 0.895 bits per heavy atom. The van der Waals surface area contributed by atoms with E-state index in [2.05, 4.69) is 70.9 Å². The van der Waals surface area contributed by atoms with Crippen molar-refractivity contribution in [3.63, 3.8) is 0 Å². The highest BCUT2D eigenvalue weighted by Crippen LogP contribution is 2.31. The van der Waals surface area contributed by atoms with Gasteiger partial charge in [-0.2, -0.15) is 0 Å². The molecule has 0 aliphatic carbocycles. The highest BCUT2D eigenvalue weighted by atomic mass is 15.3. The van der Waals surface area contributed by atoms with Crippen LogP contribution >= 0.6 is 0 Å². The second-order valence-corrected chi connectivity index (χ2v) is 5.16. The fraction of sp³-hybridized carbons (Fsp3) is 0.294. The summed E-state index contributed by atoms with van der Waals surface area (Å²) < 4.78 is 0. The molecular formula is C17H20N2. The third kappa shape index (κ3) is 2.55. The first kappa shape index (κ1) is 12.4. The Morgan fingerprint density at radius 2 is 1.37 bits per heavy atom. The number of hydrogen-bond acceptors (Lipinski definition) is 2. The quantitative estimate of drug-likeness (QED) is 0.900. The molecule has 2 aromatic carbocycles. The number of nitrogens with zero attached hydrogens (tertiary/aromatic N) is 1. The molecule has 0 radical (unpaired) electrons. The van der Waals surface area contributed by atoms with Gasteiger partial charge >= 0.3 is 0 Å². The van der Waals surface area contributed by atoms with Gasteiger partial charge in [0.1, 0.15) is 0 Å². The van der Waals surface area contributed by atoms with Crippen molar-refractivity contribution >= 4 is 0 Å². The molecule has 0 spiro atoms. The molecule has 0 unspecified atom stereocenters. The summed E-state index contributed by atoms with van der Waals surface area (Å²) in [4.78, 5) is 2.53. The van der Waals surface area contributed by atoms with E-state index in [-0.39, 0.29) is 0 Å². The van der Waals surface area contributed by atoms with Gasteiger partial charge in [-0.1, -0.05) is 60.7 Å². The van der Waals surface area contributed by atoms with E-state index in [9.17, 15) is 0 Å². The fourth-order valence-electron chi connectivity index (χ4n) is 2.79. The Kier molecular flexibility index (Phi) is 3.62. The molecule has 1 fully saturated rings. The first-order valence-corrected chi connectivity index (χ1v) is 6.89. The summed E-state index contributed by atoms with van der Waals surface area (Å²) in [6.07, 6.45) is 0. The van der Waals surface area contributed by atoms with Crippen LogP contribution in [0.4, 0.5) is 0 Å². The van der Waals surface area contributed by atoms with E-state index in [4.69, 9.17) is 0 Å². The largest absolute Gasteiger partial charge is 0.315 e. The summed E-state index contributed by atoms with van der Waals surface area (Å²) in [6.45, 7) is 2.23. The molecule has 0 atom stereocenters. The topological polar surface area (TPSA) is 15.3 Å². The molecule has 1 heterocycles. The number of benzene rings is 2. The van der Waals surface area contributed by atoms with E-state index in [0.717, 1.165) is 13.1 Å². The monoisotopic (exact) mass is 252 g/mol. The molecule has 1 aliphatic rings. The second kappa shape index (κ2) is 5.55. The van der Waals surface area contributed by atoms with Crippen LogP contribution in [0, 0.1) is 0 Å². The lowest BCUT2D eigenvalue weighted by Crippen LogP contribution is -2.57. The lowest BCUT2D eigenvalue weighted by Gasteiger charge is -2.44. The zero-order chi connectivity index (χ0) is 13.1. The number of hydrogen-bond donors (Lipinski definition) is 1. The van der Waals surface area contributed by atoms with Crippen molar-refractivity contribution in [3.05, 3.63) is 71.8 Å². The minimum atomic E-state index is 0.381. The van der Waals surface area contributed by atoms with E-state index >= 15 is 0 Å². The molecule has 1 aliphatic heterocycles. The van der Waals surface area contributed by atoms with Gasteiger partial charge in [0.2, 0.25) is 0 Å². The maximum absolute atomic E-state index is 3.35. The lowest BCUT2D eigenvalue weighted by molar-refractivity contribution is 0.0976. The molecule has 98 valence electrons. The molecule has 2 nitrogen and oxygen atoms in total. The maximum Gasteiger partial charge on any atom is 0.0602 e. The third-order valence-corrected chi connectivity index (χ3v) is 3.91. The van der Waals surface area contributed by atoms with E-state index in [1.54, 1.807) is 0 Å². The Morgan fingerprint density at radius 3 is 1.79 bits per heavy atom. The summed E-state index contributed by atoms with van der Waals surface area (Å²) >= 11 is 0. The van der Waals surface area contributed by atoms with Gasteiger partial charge in [0.05, 0.1) is 6.04 Å². The minimum Gasteiger partial charge on any atom is -0.315 e. The Bertz CT molecular complexity index is 464. The fourth-order valence-corrected chi connectivity index (χ4v) is 2.79. The molecular weight excluding hydrogens is 232 g/mol. The van der Waals surface area contributed by atoms with Gasteiger partial charge in [-0.25, -0.2) is 0 Å². The van der Waals surface area contributed by atoms with Crippen LogP contribution < -0.4 is 5.32 Å². The first-order chi connectivity index (χ1) is 9.38. The van der Waals surface area contributed by atoms with E-state index in [1.807, 2.05) is 7.05 Å². The molecule has 1 saturated heterocycles. The van der Waals surface area contributed by atoms with Crippen molar-refractivity contribution in [3.8, 4) is 0 Å². The predicted octanol–water partition coefficient (Wildman–Crippen LogP) is 2.68. The summed E-state index contributed by atoms with van der Waals surface area (Å²) in [6, 6.07) is 22.6. The molecule has 1 N–H and O–H groups in total. The number of rotatable bonds is 4. The zero-order valence-corrected chi connectivity index (χ0v) is 11.3. The summed E-state index contributed by atoms with van der Waals surface area (Å²) in [5.74, 6) is 0. The number of likely N-dealkylation sites (tertiary alicyclic amines) is 1. The van der Waals surface area contributed by atoms with E-state index in [1.165, 1.54) is 11.1 Å². The Labute approximate surface area is 115 Å². The van der Waals surface area contributed by atoms with Gasteiger partial charge in [-0.15, -0.1) is 0 Å². The Balaban J connectivity index is 1.89. The average molecular weight is 252 g/mol. The SMILES string of the molecule is CNC1CN(C(c2ccccc2)c2ccccc2)C1. The van der Waals surface area contributed by atoms with Gasteiger partial charge in [-0.05, 0) is 18.2 Å². The van der Waals surface area contributed by atoms with Crippen molar-refractivity contribution < 1.29 is 0 Å². The van der Waals surface area contributed by atoms with Crippen molar-refractivity contribution in [2.75, 3.05) is 20.1 Å². The Hall–Kier alpha value is -1.64. The van der Waals surface area contributed by atoms with E-state index < -0.39 is 0 Å². The smallest absolute Gasteiger partial charge is 0.0602 e. The van der Waals surface area contributed by atoms with Crippen LogP contribution in [-0.4, -0.2) is 31.1 Å². The summed E-state index contributed by atoms with van der Waals surface area (Å²) in [5.41, 5.74) is 2.76. The van der Waals surface area contributed by atoms with Gasteiger partial charge in [0, 0.05) is 19.1 Å². The molecule has 0 amide bonds. The van der Waals surface area contributed by atoms with Crippen LogP contribution in [0.2, 0.25) is 0 Å². The van der Waals surface area contributed by atoms with Crippen LogP contribution in [0.3, 0.4) is 0 Å². The minimum absolute atomic E-state index is 0.381. The highest BCUT2D eigenvalue weighted by Gasteiger charge is 2.32. The second-order valence-electron chi connectivity index (χ2n) is 5.16. The molecule has 3 rings (SSSR count). The average Bonchev–Trinajstić information content (AvgIpc) is 2.44. The van der Waals surface area contributed by atoms with Gasteiger partial charge in [-0.3, -0.25) is 4.90 Å². The molecule has 0 aromatic heterocycles. The molecule has 0 saturated carbocycles. The van der Waals surface area contributed by atoms with Crippen LogP contribution in [0.25, 0.3) is 0 Å². The van der Waals surface area contributed by atoms with Crippen LogP contribution in [-0.2, 0) is 0 Å². The lowest BCUT2D eigenvalue weighted by atomic mass is 9.93. The maximum atomic E-state index is 3.35. The van der Waals surface area contributed by atoms with Crippen molar-refractivity contribution in [2.45, 2.75) is 12.1 Å². The first-order valence-electron chi connectivity index (χ1n) is 6.89. The molecule has 2 aromatic rings. The predicted molar refractivity (Wildman–Crippen MR) is 79.1 cm³/mol. The zero-order valence-electron chi connectivity index (χ0n) is 11.3. The van der Waals surface area contributed by atoms with Crippen LogP contribution in [0.15, 0.2) is 60.7 Å². The van der Waals surface area contributed by atoms with Crippen molar-refractivity contribution in [1.82, 2.24) is 10.2 Å². The third-order valence-electron chi connectivity index (χ3n) is 3.91.